The van der Waals surface area contributed by atoms with Crippen LogP contribution in [0.1, 0.15) is 16.8 Å². The third-order valence-electron chi connectivity index (χ3n) is 5.46. The lowest BCUT2D eigenvalue weighted by Crippen LogP contribution is -2.35. The highest BCUT2D eigenvalue weighted by molar-refractivity contribution is 5.83. The predicted octanol–water partition coefficient (Wildman–Crippen LogP) is 2.88. The zero-order chi connectivity index (χ0) is 19.1. The lowest BCUT2D eigenvalue weighted by Gasteiger charge is -2.27. The van der Waals surface area contributed by atoms with Gasteiger partial charge in [-0.05, 0) is 23.8 Å². The zero-order valence-corrected chi connectivity index (χ0v) is 15.7. The van der Waals surface area contributed by atoms with Crippen LogP contribution in [0, 0.1) is 0 Å². The highest BCUT2D eigenvalue weighted by Gasteiger charge is 2.22. The summed E-state index contributed by atoms with van der Waals surface area (Å²) in [5.74, 6) is 0.597. The molecule has 0 atom stereocenters. The minimum atomic E-state index is -0.0496. The van der Waals surface area contributed by atoms with Crippen LogP contribution in [-0.2, 0) is 26.6 Å². The second-order valence-electron chi connectivity index (χ2n) is 7.32. The maximum atomic E-state index is 12.7. The molecule has 1 aliphatic rings. The molecule has 0 unspecified atom stereocenters. The number of para-hydroxylation sites is 1. The van der Waals surface area contributed by atoms with Crippen LogP contribution in [0.15, 0.2) is 59.8 Å². The van der Waals surface area contributed by atoms with Gasteiger partial charge in [0.2, 0.25) is 0 Å². The second-order valence-corrected chi connectivity index (χ2v) is 7.32. The normalized spacial score (nSPS) is 14.3. The van der Waals surface area contributed by atoms with Crippen LogP contribution in [0.2, 0.25) is 0 Å². The number of rotatable bonds is 3. The molecule has 1 aliphatic heterocycles. The van der Waals surface area contributed by atoms with Crippen LogP contribution in [0.4, 0.5) is 0 Å². The first-order valence-corrected chi connectivity index (χ1v) is 9.47. The van der Waals surface area contributed by atoms with Crippen molar-refractivity contribution in [1.82, 2.24) is 24.4 Å². The van der Waals surface area contributed by atoms with Crippen molar-refractivity contribution in [2.24, 2.45) is 7.05 Å². The van der Waals surface area contributed by atoms with Gasteiger partial charge in [0, 0.05) is 68.2 Å². The molecule has 0 radical (unpaired) electrons. The van der Waals surface area contributed by atoms with E-state index in [0.29, 0.717) is 12.4 Å². The maximum absolute atomic E-state index is 12.7. The summed E-state index contributed by atoms with van der Waals surface area (Å²) < 4.78 is 2.16. The van der Waals surface area contributed by atoms with Gasteiger partial charge in [0.1, 0.15) is 5.82 Å². The smallest absolute Gasteiger partial charge is 0.255 e. The van der Waals surface area contributed by atoms with Gasteiger partial charge in [-0.15, -0.1) is 0 Å². The molecule has 5 rings (SSSR count). The fourth-order valence-corrected chi connectivity index (χ4v) is 4.05. The average Bonchev–Trinajstić information content (AvgIpc) is 3.05. The van der Waals surface area contributed by atoms with Crippen molar-refractivity contribution in [1.29, 1.82) is 0 Å². The number of hydrogen-bond donors (Lipinski definition) is 1. The van der Waals surface area contributed by atoms with Gasteiger partial charge in [-0.3, -0.25) is 14.7 Å². The zero-order valence-electron chi connectivity index (χ0n) is 15.7. The highest BCUT2D eigenvalue weighted by atomic mass is 16.1. The Morgan fingerprint density at radius 1 is 1.18 bits per heavy atom. The van der Waals surface area contributed by atoms with E-state index in [1.165, 1.54) is 16.5 Å². The highest BCUT2D eigenvalue weighted by Crippen LogP contribution is 2.24. The molecule has 3 aromatic heterocycles. The Morgan fingerprint density at radius 3 is 2.93 bits per heavy atom. The molecule has 28 heavy (non-hydrogen) atoms. The van der Waals surface area contributed by atoms with Gasteiger partial charge in [-0.2, -0.15) is 0 Å². The molecule has 1 N–H and O–H groups in total. The number of H-pyrrole nitrogens is 1. The number of pyridine rings is 1. The molecule has 6 heteroatoms. The van der Waals surface area contributed by atoms with Crippen LogP contribution in [-0.4, -0.2) is 31.0 Å². The number of aryl methyl sites for hydroxylation is 1. The van der Waals surface area contributed by atoms with E-state index in [0.717, 1.165) is 36.3 Å². The fourth-order valence-electron chi connectivity index (χ4n) is 4.05. The van der Waals surface area contributed by atoms with E-state index in [-0.39, 0.29) is 5.56 Å². The Balaban J connectivity index is 1.43. The summed E-state index contributed by atoms with van der Waals surface area (Å²) in [6.45, 7) is 2.33. The molecule has 4 aromatic rings. The minimum Gasteiger partial charge on any atom is -0.350 e. The molecule has 0 spiro atoms. The summed E-state index contributed by atoms with van der Waals surface area (Å²) in [5.41, 5.74) is 4.98. The SMILES string of the molecule is Cn1cc(CN2CCc3nc(-c4cccnc4)[nH]c(=O)c3C2)c2ccccc21. The van der Waals surface area contributed by atoms with Gasteiger partial charge in [0.05, 0.1) is 11.3 Å². The summed E-state index contributed by atoms with van der Waals surface area (Å²) in [5, 5.41) is 1.27. The fraction of sp³-hybridized carbons (Fsp3) is 0.227. The number of nitrogens with one attached hydrogen (secondary N) is 1. The van der Waals surface area contributed by atoms with Crippen molar-refractivity contribution in [3.8, 4) is 11.4 Å². The van der Waals surface area contributed by atoms with Gasteiger partial charge in [-0.25, -0.2) is 4.98 Å². The van der Waals surface area contributed by atoms with E-state index < -0.39 is 0 Å². The molecule has 0 bridgehead atoms. The van der Waals surface area contributed by atoms with Crippen LogP contribution >= 0.6 is 0 Å². The summed E-state index contributed by atoms with van der Waals surface area (Å²) in [6.07, 6.45) is 6.40. The Labute approximate surface area is 162 Å². The summed E-state index contributed by atoms with van der Waals surface area (Å²) >= 11 is 0. The van der Waals surface area contributed by atoms with Crippen molar-refractivity contribution >= 4 is 10.9 Å². The van der Waals surface area contributed by atoms with Gasteiger partial charge in [0.15, 0.2) is 0 Å². The van der Waals surface area contributed by atoms with E-state index in [2.05, 4.69) is 56.9 Å². The number of fused-ring (bicyclic) bond motifs is 2. The molecule has 6 nitrogen and oxygen atoms in total. The van der Waals surface area contributed by atoms with Gasteiger partial charge < -0.3 is 9.55 Å². The standard InChI is InChI=1S/C22H21N5O/c1-26-12-16(17-6-2-3-7-20(17)26)13-27-10-8-19-18(14-27)22(28)25-21(24-19)15-5-4-9-23-11-15/h2-7,9,11-12H,8,10,13-14H2,1H3,(H,24,25,28). The lowest BCUT2D eigenvalue weighted by molar-refractivity contribution is 0.242. The first-order valence-electron chi connectivity index (χ1n) is 9.47. The molecule has 0 aliphatic carbocycles. The molecule has 0 saturated carbocycles. The number of aromatic amines is 1. The third-order valence-corrected chi connectivity index (χ3v) is 5.46. The quantitative estimate of drug-likeness (QED) is 0.601. The van der Waals surface area contributed by atoms with Gasteiger partial charge >= 0.3 is 0 Å². The minimum absolute atomic E-state index is 0.0496. The van der Waals surface area contributed by atoms with Crippen LogP contribution in [0.25, 0.3) is 22.3 Å². The molecule has 4 heterocycles. The van der Waals surface area contributed by atoms with E-state index in [4.69, 9.17) is 4.98 Å². The van der Waals surface area contributed by atoms with E-state index in [1.807, 2.05) is 12.1 Å². The lowest BCUT2D eigenvalue weighted by atomic mass is 10.1. The largest absolute Gasteiger partial charge is 0.350 e. The second kappa shape index (κ2) is 6.73. The molecular weight excluding hydrogens is 350 g/mol. The molecule has 0 saturated heterocycles. The number of aromatic nitrogens is 4. The number of benzene rings is 1. The van der Waals surface area contributed by atoms with Crippen molar-refractivity contribution in [3.05, 3.63) is 82.2 Å². The monoisotopic (exact) mass is 371 g/mol. The Hall–Kier alpha value is -3.25. The van der Waals surface area contributed by atoms with E-state index >= 15 is 0 Å². The predicted molar refractivity (Wildman–Crippen MR) is 109 cm³/mol. The average molecular weight is 371 g/mol. The Morgan fingerprint density at radius 2 is 2.07 bits per heavy atom. The van der Waals surface area contributed by atoms with Gasteiger partial charge in [-0.1, -0.05) is 18.2 Å². The van der Waals surface area contributed by atoms with Crippen molar-refractivity contribution in [2.45, 2.75) is 19.5 Å². The van der Waals surface area contributed by atoms with E-state index in [9.17, 15) is 4.79 Å². The molecule has 1 aromatic carbocycles. The molecule has 0 fully saturated rings. The maximum Gasteiger partial charge on any atom is 0.255 e. The first kappa shape index (κ1) is 16.9. The van der Waals surface area contributed by atoms with Crippen LogP contribution in [0.5, 0.6) is 0 Å². The summed E-state index contributed by atoms with van der Waals surface area (Å²) in [7, 11) is 2.08. The summed E-state index contributed by atoms with van der Waals surface area (Å²) in [4.78, 5) is 26.8. The van der Waals surface area contributed by atoms with Crippen LogP contribution < -0.4 is 5.56 Å². The van der Waals surface area contributed by atoms with Crippen molar-refractivity contribution < 1.29 is 0 Å². The number of hydrogen-bond acceptors (Lipinski definition) is 4. The van der Waals surface area contributed by atoms with Crippen LogP contribution in [0.3, 0.4) is 0 Å². The third kappa shape index (κ3) is 2.92. The van der Waals surface area contributed by atoms with Crippen molar-refractivity contribution in [2.75, 3.05) is 6.54 Å². The number of nitrogens with zero attached hydrogens (tertiary/aromatic N) is 4. The molecule has 0 amide bonds. The Bertz CT molecular complexity index is 1210. The van der Waals surface area contributed by atoms with E-state index in [1.54, 1.807) is 12.4 Å². The summed E-state index contributed by atoms with van der Waals surface area (Å²) in [6, 6.07) is 12.2. The molecular formula is C22H21N5O. The van der Waals surface area contributed by atoms with Crippen molar-refractivity contribution in [3.63, 3.8) is 0 Å². The van der Waals surface area contributed by atoms with Gasteiger partial charge in [0.25, 0.3) is 5.56 Å². The topological polar surface area (TPSA) is 66.8 Å². The first-order chi connectivity index (χ1) is 13.7. The Kier molecular flexibility index (Phi) is 4.06. The molecule has 140 valence electrons.